The zero-order chi connectivity index (χ0) is 29.2. The number of esters is 3. The van der Waals surface area contributed by atoms with E-state index in [1.165, 1.54) is 19.5 Å². The Morgan fingerprint density at radius 2 is 1.85 bits per heavy atom. The van der Waals surface area contributed by atoms with E-state index < -0.39 is 93.3 Å². The molecule has 11 heteroatoms. The van der Waals surface area contributed by atoms with Crippen molar-refractivity contribution in [2.24, 2.45) is 34.0 Å². The molecule has 3 saturated carbocycles. The summed E-state index contributed by atoms with van der Waals surface area (Å²) in [7, 11) is 1.14. The molecule has 5 fully saturated rings. The molecule has 2 aliphatic heterocycles. The Kier molecular flexibility index (Phi) is 5.60. The highest BCUT2D eigenvalue weighted by atomic mass is 16.6. The van der Waals surface area contributed by atoms with Gasteiger partial charge in [0.15, 0.2) is 17.5 Å². The van der Waals surface area contributed by atoms with Crippen LogP contribution in [0, 0.1) is 34.0 Å². The zero-order valence-corrected chi connectivity index (χ0v) is 23.5. The number of cyclic esters (lactones) is 1. The summed E-state index contributed by atoms with van der Waals surface area (Å²) in [4.78, 5) is 52.7. The molecule has 11 nitrogen and oxygen atoms in total. The van der Waals surface area contributed by atoms with Gasteiger partial charge in [-0.15, -0.1) is 0 Å². The molecule has 11 atom stereocenters. The van der Waals surface area contributed by atoms with Crippen LogP contribution in [0.3, 0.4) is 0 Å². The number of Topliss-reactive ketones (excluding diaryl/α,β-unsaturated/α-hetero) is 1. The van der Waals surface area contributed by atoms with Crippen LogP contribution in [-0.2, 0) is 38.1 Å². The summed E-state index contributed by atoms with van der Waals surface area (Å²) in [6.07, 6.45) is -0.893. The van der Waals surface area contributed by atoms with Crippen LogP contribution in [0.15, 0.2) is 23.0 Å². The van der Waals surface area contributed by atoms with Crippen LogP contribution in [0.5, 0.6) is 0 Å². The van der Waals surface area contributed by atoms with Crippen molar-refractivity contribution in [3.05, 3.63) is 24.2 Å². The Morgan fingerprint density at radius 1 is 1.15 bits per heavy atom. The number of epoxide rings is 1. The van der Waals surface area contributed by atoms with Gasteiger partial charge in [-0.1, -0.05) is 27.7 Å². The maximum Gasteiger partial charge on any atom is 0.335 e. The number of fused-ring (bicyclic) bond motifs is 5. The molecular formula is C29H36O11. The molecule has 0 radical (unpaired) electrons. The average Bonchev–Trinajstić information content (AvgIpc) is 3.37. The molecule has 40 heavy (non-hydrogen) atoms. The van der Waals surface area contributed by atoms with E-state index in [9.17, 15) is 29.4 Å². The summed E-state index contributed by atoms with van der Waals surface area (Å²) in [5.41, 5.74) is -6.16. The summed E-state index contributed by atoms with van der Waals surface area (Å²) >= 11 is 0. The smallest absolute Gasteiger partial charge is 0.335 e. The minimum absolute atomic E-state index is 0.00987. The van der Waals surface area contributed by atoms with E-state index in [4.69, 9.17) is 23.4 Å². The van der Waals surface area contributed by atoms with Gasteiger partial charge in [0.2, 0.25) is 0 Å². The number of aliphatic hydroxyl groups is 2. The first-order chi connectivity index (χ1) is 18.6. The van der Waals surface area contributed by atoms with Gasteiger partial charge in [0.25, 0.3) is 0 Å². The van der Waals surface area contributed by atoms with Gasteiger partial charge in [-0.25, -0.2) is 4.79 Å². The second kappa shape index (κ2) is 8.17. The van der Waals surface area contributed by atoms with Crippen molar-refractivity contribution in [3.8, 4) is 0 Å². The molecule has 3 heterocycles. The monoisotopic (exact) mass is 560 g/mol. The van der Waals surface area contributed by atoms with Gasteiger partial charge >= 0.3 is 17.9 Å². The number of ketones is 1. The molecule has 218 valence electrons. The zero-order valence-electron chi connectivity index (χ0n) is 23.5. The number of carbonyl (C=O) groups excluding carboxylic acids is 4. The maximum absolute atomic E-state index is 14.5. The summed E-state index contributed by atoms with van der Waals surface area (Å²) in [5, 5.41) is 23.8. The van der Waals surface area contributed by atoms with Gasteiger partial charge in [-0.3, -0.25) is 14.4 Å². The van der Waals surface area contributed by atoms with E-state index in [0.29, 0.717) is 18.4 Å². The first kappa shape index (κ1) is 27.4. The molecular weight excluding hydrogens is 524 g/mol. The highest BCUT2D eigenvalue weighted by Crippen LogP contribution is 2.78. The standard InChI is InChI=1S/C29H36O11/c1-13(30)38-23-25(2,3)19(18(32)21(33)36-6)27(5)15-7-9-26(4)16(29(15)24(40-29)28(23,35)22(27)34)11-17(31)39-20(26)14-8-10-37-12-14/h8,10,12,15-16,18-20,23-24,32,35H,7,9,11H2,1-6H3. The van der Waals surface area contributed by atoms with E-state index in [-0.39, 0.29) is 6.42 Å². The van der Waals surface area contributed by atoms with Crippen molar-refractivity contribution in [1.29, 1.82) is 0 Å². The van der Waals surface area contributed by atoms with E-state index in [2.05, 4.69) is 0 Å². The van der Waals surface area contributed by atoms with Crippen LogP contribution < -0.4 is 0 Å². The fourth-order valence-corrected chi connectivity index (χ4v) is 9.80. The van der Waals surface area contributed by atoms with Gasteiger partial charge in [0, 0.05) is 46.5 Å². The Labute approximate surface area is 231 Å². The molecule has 1 aromatic rings. The third-order valence-electron chi connectivity index (χ3n) is 11.1. The Balaban J connectivity index is 1.56. The molecule has 11 unspecified atom stereocenters. The first-order valence-corrected chi connectivity index (χ1v) is 13.7. The van der Waals surface area contributed by atoms with Gasteiger partial charge in [0.05, 0.1) is 26.1 Å². The number of aliphatic hydroxyl groups excluding tert-OH is 1. The second-order valence-electron chi connectivity index (χ2n) is 13.3. The normalized spacial score (nSPS) is 47.1. The highest BCUT2D eigenvalue weighted by Gasteiger charge is 2.91. The van der Waals surface area contributed by atoms with Crippen LogP contribution in [0.2, 0.25) is 0 Å². The Morgan fingerprint density at radius 3 is 2.45 bits per heavy atom. The van der Waals surface area contributed by atoms with E-state index in [1.54, 1.807) is 26.8 Å². The SMILES string of the molecule is COC(=O)C(O)C1C(C)(C)C(OC(C)=O)C2(O)C(=O)C1(C)C1CCC3(C)C(c4ccoc4)OC(=O)CC3C13OC23. The molecule has 0 aromatic carbocycles. The van der Waals surface area contributed by atoms with Gasteiger partial charge in [-0.05, 0) is 18.9 Å². The molecule has 2 saturated heterocycles. The summed E-state index contributed by atoms with van der Waals surface area (Å²) in [6.45, 7) is 8.18. The summed E-state index contributed by atoms with van der Waals surface area (Å²) < 4.78 is 28.2. The quantitative estimate of drug-likeness (QED) is 0.314. The molecule has 2 bridgehead atoms. The topological polar surface area (TPSA) is 162 Å². The number of furan rings is 1. The predicted molar refractivity (Wildman–Crippen MR) is 133 cm³/mol. The summed E-state index contributed by atoms with van der Waals surface area (Å²) in [5.74, 6) is -4.92. The Bertz CT molecular complexity index is 1290. The molecule has 0 amide bonds. The largest absolute Gasteiger partial charge is 0.472 e. The summed E-state index contributed by atoms with van der Waals surface area (Å²) in [6, 6.07) is 1.75. The lowest BCUT2D eigenvalue weighted by atomic mass is 9.36. The van der Waals surface area contributed by atoms with E-state index in [1.807, 2.05) is 6.92 Å². The second-order valence-corrected chi connectivity index (χ2v) is 13.3. The van der Waals surface area contributed by atoms with Crippen molar-refractivity contribution in [1.82, 2.24) is 0 Å². The van der Waals surface area contributed by atoms with Crippen molar-refractivity contribution in [2.75, 3.05) is 7.11 Å². The minimum atomic E-state index is -2.28. The van der Waals surface area contributed by atoms with Gasteiger partial charge < -0.3 is 33.6 Å². The Hall–Kier alpha value is -2.76. The number of hydrogen-bond acceptors (Lipinski definition) is 11. The number of ether oxygens (including phenoxy) is 4. The van der Waals surface area contributed by atoms with Gasteiger partial charge in [-0.2, -0.15) is 0 Å². The van der Waals surface area contributed by atoms with Crippen molar-refractivity contribution < 1.29 is 52.8 Å². The van der Waals surface area contributed by atoms with Crippen LogP contribution in [0.25, 0.3) is 0 Å². The van der Waals surface area contributed by atoms with E-state index in [0.717, 1.165) is 7.11 Å². The minimum Gasteiger partial charge on any atom is -0.472 e. The third kappa shape index (κ3) is 3.01. The van der Waals surface area contributed by atoms with Gasteiger partial charge in [0.1, 0.15) is 23.9 Å². The lowest BCUT2D eigenvalue weighted by Crippen LogP contribution is -2.81. The predicted octanol–water partition coefficient (Wildman–Crippen LogP) is 1.88. The van der Waals surface area contributed by atoms with Crippen molar-refractivity contribution in [3.63, 3.8) is 0 Å². The average molecular weight is 561 g/mol. The number of hydrogen-bond donors (Lipinski definition) is 2. The van der Waals surface area contributed by atoms with Crippen LogP contribution in [-0.4, -0.2) is 70.5 Å². The van der Waals surface area contributed by atoms with Crippen molar-refractivity contribution >= 4 is 23.7 Å². The number of carbonyl (C=O) groups is 4. The maximum atomic E-state index is 14.5. The highest BCUT2D eigenvalue weighted by molar-refractivity contribution is 5.99. The molecule has 1 aromatic heterocycles. The fraction of sp³-hybridized carbons (Fsp3) is 0.724. The fourth-order valence-electron chi connectivity index (χ4n) is 9.80. The van der Waals surface area contributed by atoms with Crippen LogP contribution in [0.4, 0.5) is 0 Å². The lowest BCUT2D eigenvalue weighted by Gasteiger charge is -2.67. The first-order valence-electron chi connectivity index (χ1n) is 13.7. The molecule has 3 aliphatic carbocycles. The number of methoxy groups -OCH3 is 1. The third-order valence-corrected chi connectivity index (χ3v) is 11.1. The molecule has 6 rings (SSSR count). The molecule has 1 spiro atoms. The van der Waals surface area contributed by atoms with Crippen molar-refractivity contribution in [2.45, 2.75) is 89.5 Å². The molecule has 5 aliphatic rings. The number of rotatable bonds is 4. The van der Waals surface area contributed by atoms with Crippen LogP contribution in [0.1, 0.15) is 65.5 Å². The lowest BCUT2D eigenvalue weighted by molar-refractivity contribution is -0.260. The van der Waals surface area contributed by atoms with Crippen LogP contribution >= 0.6 is 0 Å². The van der Waals surface area contributed by atoms with E-state index >= 15 is 0 Å². The molecule has 2 N–H and O–H groups in total.